The minimum atomic E-state index is -5.15. The van der Waals surface area contributed by atoms with E-state index in [9.17, 15) is 29.4 Å². The Bertz CT molecular complexity index is 612. The zero-order chi connectivity index (χ0) is 16.8. The smallest absolute Gasteiger partial charge is 0.145 e. The number of aromatic hydroxyl groups is 1. The molecule has 0 saturated carbocycles. The summed E-state index contributed by atoms with van der Waals surface area (Å²) in [7, 11) is -5.15. The monoisotopic (exact) mass is 329 g/mol. The molecule has 1 aromatic heterocycles. The highest BCUT2D eigenvalue weighted by Crippen LogP contribution is 2.29. The Balaban J connectivity index is 2.85. The fraction of sp³-hybridized carbons (Fsp3) is 0.417. The van der Waals surface area contributed by atoms with E-state index in [1.54, 1.807) is 0 Å². The topological polar surface area (TPSA) is 158 Å². The summed E-state index contributed by atoms with van der Waals surface area (Å²) in [6.07, 6.45) is 2.61. The average molecular weight is 329 g/mol. The largest absolute Gasteiger partial charge is 0.790 e. The molecule has 1 aromatic rings. The quantitative estimate of drug-likeness (QED) is 0.339. The Kier molecular flexibility index (Phi) is 6.63. The number of nitrogens with zero attached hydrogens (tertiary/aromatic N) is 2. The van der Waals surface area contributed by atoms with E-state index in [2.05, 4.69) is 14.5 Å². The van der Waals surface area contributed by atoms with Crippen LogP contribution in [0.2, 0.25) is 0 Å². The molecule has 0 aliphatic carbocycles. The molecule has 122 valence electrons. The molecule has 0 aliphatic rings. The van der Waals surface area contributed by atoms with Crippen LogP contribution in [0.25, 0.3) is 0 Å². The number of carboxylic acid groups (broad SMARTS) is 1. The van der Waals surface area contributed by atoms with Gasteiger partial charge < -0.3 is 33.9 Å². The normalized spacial score (nSPS) is 12.0. The van der Waals surface area contributed by atoms with Gasteiger partial charge in [0.1, 0.15) is 5.75 Å². The van der Waals surface area contributed by atoms with Crippen LogP contribution in [0.5, 0.6) is 5.75 Å². The summed E-state index contributed by atoms with van der Waals surface area (Å²) in [5, 5.41) is 20.2. The van der Waals surface area contributed by atoms with Crippen LogP contribution in [0, 0.1) is 6.92 Å². The molecular weight excluding hydrogens is 315 g/mol. The second kappa shape index (κ2) is 8.00. The molecule has 10 heteroatoms. The molecule has 0 aromatic carbocycles. The Hall–Kier alpha value is -1.80. The van der Waals surface area contributed by atoms with Crippen LogP contribution < -0.4 is 14.9 Å². The van der Waals surface area contributed by atoms with E-state index in [0.717, 1.165) is 0 Å². The Labute approximate surface area is 126 Å². The van der Waals surface area contributed by atoms with E-state index in [-0.39, 0.29) is 42.0 Å². The zero-order valence-corrected chi connectivity index (χ0v) is 12.6. The molecule has 0 fully saturated rings. The van der Waals surface area contributed by atoms with Gasteiger partial charge in [0, 0.05) is 36.1 Å². The van der Waals surface area contributed by atoms with Gasteiger partial charge in [0.05, 0.1) is 20.1 Å². The SMILES string of the molecule is Cc1ncc(COP(=O)([O-])[O-])c(C=NCCCC(=O)[O-])c1O. The van der Waals surface area contributed by atoms with Crippen molar-refractivity contribution in [2.24, 2.45) is 4.99 Å². The zero-order valence-electron chi connectivity index (χ0n) is 11.7. The van der Waals surface area contributed by atoms with Crippen LogP contribution >= 0.6 is 7.82 Å². The van der Waals surface area contributed by atoms with Crippen molar-refractivity contribution in [1.29, 1.82) is 0 Å². The number of pyridine rings is 1. The molecule has 0 spiro atoms. The van der Waals surface area contributed by atoms with Crippen molar-refractivity contribution in [3.8, 4) is 5.75 Å². The lowest BCUT2D eigenvalue weighted by atomic mass is 10.1. The van der Waals surface area contributed by atoms with Crippen molar-refractivity contribution in [1.82, 2.24) is 4.98 Å². The molecule has 0 saturated heterocycles. The summed E-state index contributed by atoms with van der Waals surface area (Å²) in [6, 6.07) is 0. The third-order valence-electron chi connectivity index (χ3n) is 2.62. The summed E-state index contributed by atoms with van der Waals surface area (Å²) >= 11 is 0. The number of carbonyl (C=O) groups is 1. The van der Waals surface area contributed by atoms with Crippen LogP contribution in [0.15, 0.2) is 11.2 Å². The van der Waals surface area contributed by atoms with Crippen molar-refractivity contribution >= 4 is 20.0 Å². The minimum Gasteiger partial charge on any atom is -0.790 e. The van der Waals surface area contributed by atoms with Crippen LogP contribution in [0.3, 0.4) is 0 Å². The maximum atomic E-state index is 10.5. The third kappa shape index (κ3) is 6.31. The van der Waals surface area contributed by atoms with Gasteiger partial charge >= 0.3 is 0 Å². The van der Waals surface area contributed by atoms with E-state index < -0.39 is 20.4 Å². The second-order valence-electron chi connectivity index (χ2n) is 4.36. The van der Waals surface area contributed by atoms with Crippen molar-refractivity contribution < 1.29 is 33.9 Å². The molecule has 0 radical (unpaired) electrons. The highest BCUT2D eigenvalue weighted by atomic mass is 31.2. The summed E-state index contributed by atoms with van der Waals surface area (Å²) in [4.78, 5) is 39.0. The average Bonchev–Trinajstić information content (AvgIpc) is 2.40. The molecule has 1 heterocycles. The van der Waals surface area contributed by atoms with Crippen LogP contribution in [0.4, 0.5) is 0 Å². The van der Waals surface area contributed by atoms with Gasteiger partial charge in [-0.1, -0.05) is 0 Å². The predicted octanol–water partition coefficient (Wildman–Crippen LogP) is -1.61. The fourth-order valence-corrected chi connectivity index (χ4v) is 1.83. The number of rotatable bonds is 8. The highest BCUT2D eigenvalue weighted by Gasteiger charge is 2.10. The van der Waals surface area contributed by atoms with Crippen molar-refractivity contribution in [2.45, 2.75) is 26.4 Å². The van der Waals surface area contributed by atoms with Gasteiger partial charge in [0.15, 0.2) is 0 Å². The van der Waals surface area contributed by atoms with E-state index >= 15 is 0 Å². The summed E-state index contributed by atoms with van der Waals surface area (Å²) < 4.78 is 14.7. The number of hydrogen-bond donors (Lipinski definition) is 1. The number of aliphatic imine (C=N–C) groups is 1. The number of carboxylic acids is 1. The lowest BCUT2D eigenvalue weighted by Gasteiger charge is -2.28. The Morgan fingerprint density at radius 1 is 1.55 bits per heavy atom. The first-order valence-electron chi connectivity index (χ1n) is 6.24. The van der Waals surface area contributed by atoms with Gasteiger partial charge in [-0.25, -0.2) is 0 Å². The fourth-order valence-electron chi connectivity index (χ4n) is 1.53. The number of aryl methyl sites for hydroxylation is 1. The van der Waals surface area contributed by atoms with Crippen molar-refractivity contribution in [3.05, 3.63) is 23.0 Å². The first-order valence-corrected chi connectivity index (χ1v) is 7.70. The van der Waals surface area contributed by atoms with E-state index in [0.29, 0.717) is 0 Å². The summed E-state index contributed by atoms with van der Waals surface area (Å²) in [5.74, 6) is -1.41. The van der Waals surface area contributed by atoms with Crippen LogP contribution in [-0.2, 0) is 20.5 Å². The number of carbonyl (C=O) groups excluding carboxylic acids is 1. The van der Waals surface area contributed by atoms with E-state index in [1.807, 2.05) is 0 Å². The molecule has 9 nitrogen and oxygen atoms in total. The maximum Gasteiger partial charge on any atom is 0.145 e. The summed E-state index contributed by atoms with van der Waals surface area (Å²) in [6.45, 7) is 1.13. The Morgan fingerprint density at radius 3 is 2.82 bits per heavy atom. The first kappa shape index (κ1) is 18.2. The molecule has 0 atom stereocenters. The second-order valence-corrected chi connectivity index (χ2v) is 5.52. The van der Waals surface area contributed by atoms with Crippen LogP contribution in [0.1, 0.15) is 29.7 Å². The molecule has 0 amide bonds. The first-order chi connectivity index (χ1) is 10.2. The van der Waals surface area contributed by atoms with Gasteiger partial charge in [-0.05, 0) is 19.8 Å². The van der Waals surface area contributed by atoms with Gasteiger partial charge in [-0.2, -0.15) is 0 Å². The van der Waals surface area contributed by atoms with Gasteiger partial charge in [-0.15, -0.1) is 0 Å². The van der Waals surface area contributed by atoms with Crippen LogP contribution in [-0.4, -0.2) is 28.8 Å². The van der Waals surface area contributed by atoms with E-state index in [1.165, 1.54) is 19.3 Å². The number of phosphoric acid groups is 1. The molecule has 1 N–H and O–H groups in total. The Morgan fingerprint density at radius 2 is 2.23 bits per heavy atom. The van der Waals surface area contributed by atoms with Gasteiger partial charge in [0.2, 0.25) is 0 Å². The lowest BCUT2D eigenvalue weighted by molar-refractivity contribution is -0.342. The number of aromatic nitrogens is 1. The minimum absolute atomic E-state index is 0.149. The van der Waals surface area contributed by atoms with E-state index in [4.69, 9.17) is 0 Å². The molecule has 22 heavy (non-hydrogen) atoms. The molecular formula is C12H14N2O7P-3. The van der Waals surface area contributed by atoms with Gasteiger partial charge in [0.25, 0.3) is 0 Å². The van der Waals surface area contributed by atoms with Gasteiger partial charge in [-0.3, -0.25) is 9.98 Å². The highest BCUT2D eigenvalue weighted by molar-refractivity contribution is 7.43. The standard InChI is InChI=1S/C12H17N2O7P/c1-8-12(17)10(6-13-4-2-3-11(15)16)9(5-14-8)7-21-22(18,19)20/h5-6,17H,2-4,7H2,1H3,(H,15,16)(H2,18,19,20)/p-3. The molecule has 1 rings (SSSR count). The number of aliphatic carboxylic acids is 1. The summed E-state index contributed by atoms with van der Waals surface area (Å²) in [5.41, 5.74) is 0.612. The third-order valence-corrected chi connectivity index (χ3v) is 3.07. The van der Waals surface area contributed by atoms with Crippen molar-refractivity contribution in [3.63, 3.8) is 0 Å². The predicted molar refractivity (Wildman–Crippen MR) is 69.7 cm³/mol. The molecule has 0 bridgehead atoms. The maximum absolute atomic E-state index is 10.5. The lowest BCUT2D eigenvalue weighted by Crippen LogP contribution is -2.21. The molecule has 0 unspecified atom stereocenters. The van der Waals surface area contributed by atoms with Crippen molar-refractivity contribution in [2.75, 3.05) is 6.54 Å². The number of hydrogen-bond acceptors (Lipinski definition) is 9. The number of phosphoric ester groups is 1. The molecule has 0 aliphatic heterocycles.